The zero-order valence-electron chi connectivity index (χ0n) is 13.8. The highest BCUT2D eigenvalue weighted by Gasteiger charge is 2.28. The molecular weight excluding hydrogens is 304 g/mol. The SMILES string of the molecule is CCCCN(CC)S(=O)(=O)c1c(C)csc1CNC(C)C. The maximum Gasteiger partial charge on any atom is 0.244 e. The van der Waals surface area contributed by atoms with Crippen molar-refractivity contribution in [1.29, 1.82) is 0 Å². The van der Waals surface area contributed by atoms with Gasteiger partial charge in [-0.1, -0.05) is 34.1 Å². The third kappa shape index (κ3) is 4.77. The van der Waals surface area contributed by atoms with Crippen LogP contribution in [0.4, 0.5) is 0 Å². The molecule has 4 nitrogen and oxygen atoms in total. The van der Waals surface area contributed by atoms with Gasteiger partial charge in [0.25, 0.3) is 0 Å². The Labute approximate surface area is 133 Å². The minimum Gasteiger partial charge on any atom is -0.310 e. The van der Waals surface area contributed by atoms with Gasteiger partial charge in [0.1, 0.15) is 4.90 Å². The van der Waals surface area contributed by atoms with Crippen LogP contribution in [0.1, 0.15) is 51.0 Å². The van der Waals surface area contributed by atoms with Crippen molar-refractivity contribution in [3.8, 4) is 0 Å². The molecule has 0 unspecified atom stereocenters. The normalized spacial score (nSPS) is 12.5. The lowest BCUT2D eigenvalue weighted by Crippen LogP contribution is -2.33. The van der Waals surface area contributed by atoms with Crippen LogP contribution in [0.3, 0.4) is 0 Å². The van der Waals surface area contributed by atoms with E-state index in [1.807, 2.05) is 19.2 Å². The third-order valence-electron chi connectivity index (χ3n) is 3.37. The monoisotopic (exact) mass is 332 g/mol. The number of sulfonamides is 1. The van der Waals surface area contributed by atoms with Gasteiger partial charge >= 0.3 is 0 Å². The third-order valence-corrected chi connectivity index (χ3v) is 6.81. The second kappa shape index (κ2) is 8.27. The average Bonchev–Trinajstić information content (AvgIpc) is 2.78. The van der Waals surface area contributed by atoms with Gasteiger partial charge < -0.3 is 5.32 Å². The Morgan fingerprint density at radius 1 is 1.33 bits per heavy atom. The second-order valence-corrected chi connectivity index (χ2v) is 8.40. The fourth-order valence-electron chi connectivity index (χ4n) is 2.16. The largest absolute Gasteiger partial charge is 0.310 e. The van der Waals surface area contributed by atoms with Crippen molar-refractivity contribution in [2.24, 2.45) is 0 Å². The predicted octanol–water partition coefficient (Wildman–Crippen LogP) is 3.37. The Kier molecular flexibility index (Phi) is 7.33. The maximum atomic E-state index is 12.9. The van der Waals surface area contributed by atoms with E-state index >= 15 is 0 Å². The van der Waals surface area contributed by atoms with E-state index < -0.39 is 10.0 Å². The number of nitrogens with one attached hydrogen (secondary N) is 1. The van der Waals surface area contributed by atoms with Gasteiger partial charge in [-0.3, -0.25) is 0 Å². The lowest BCUT2D eigenvalue weighted by atomic mass is 10.3. The summed E-state index contributed by atoms with van der Waals surface area (Å²) < 4.78 is 27.4. The second-order valence-electron chi connectivity index (χ2n) is 5.56. The van der Waals surface area contributed by atoms with Crippen molar-refractivity contribution >= 4 is 21.4 Å². The van der Waals surface area contributed by atoms with Crippen LogP contribution in [0.25, 0.3) is 0 Å². The molecule has 0 aliphatic heterocycles. The van der Waals surface area contributed by atoms with Crippen molar-refractivity contribution in [3.05, 3.63) is 15.8 Å². The van der Waals surface area contributed by atoms with Gasteiger partial charge in [-0.05, 0) is 24.3 Å². The summed E-state index contributed by atoms with van der Waals surface area (Å²) in [5.74, 6) is 0. The van der Waals surface area contributed by atoms with E-state index in [0.717, 1.165) is 23.3 Å². The number of aryl methyl sites for hydroxylation is 1. The van der Waals surface area contributed by atoms with Crippen LogP contribution in [-0.2, 0) is 16.6 Å². The van der Waals surface area contributed by atoms with E-state index in [2.05, 4.69) is 26.1 Å². The number of rotatable bonds is 9. The van der Waals surface area contributed by atoms with Gasteiger partial charge in [0.15, 0.2) is 0 Å². The standard InChI is InChI=1S/C15H28N2O2S2/c1-6-8-9-17(7-2)21(18,19)15-13(5)11-20-14(15)10-16-12(3)4/h11-12,16H,6-10H2,1-5H3. The summed E-state index contributed by atoms with van der Waals surface area (Å²) in [5, 5.41) is 5.26. The van der Waals surface area contributed by atoms with Gasteiger partial charge in [-0.15, -0.1) is 11.3 Å². The van der Waals surface area contributed by atoms with Crippen molar-refractivity contribution < 1.29 is 8.42 Å². The number of unbranched alkanes of at least 4 members (excludes halogenated alkanes) is 1. The molecule has 0 aliphatic rings. The molecule has 0 atom stereocenters. The Balaban J connectivity index is 3.08. The topological polar surface area (TPSA) is 49.4 Å². The number of hydrogen-bond donors (Lipinski definition) is 1. The molecule has 0 radical (unpaired) electrons. The molecule has 0 fully saturated rings. The summed E-state index contributed by atoms with van der Waals surface area (Å²) in [6, 6.07) is 0.338. The van der Waals surface area contributed by atoms with Crippen molar-refractivity contribution in [3.63, 3.8) is 0 Å². The zero-order valence-corrected chi connectivity index (χ0v) is 15.4. The first-order chi connectivity index (χ1) is 9.84. The van der Waals surface area contributed by atoms with E-state index in [1.54, 1.807) is 4.31 Å². The van der Waals surface area contributed by atoms with Gasteiger partial charge in [-0.25, -0.2) is 8.42 Å². The molecule has 6 heteroatoms. The zero-order chi connectivity index (χ0) is 16.0. The maximum absolute atomic E-state index is 12.9. The number of nitrogens with zero attached hydrogens (tertiary/aromatic N) is 1. The van der Waals surface area contributed by atoms with Crippen LogP contribution < -0.4 is 5.32 Å². The van der Waals surface area contributed by atoms with Crippen LogP contribution in [0.5, 0.6) is 0 Å². The quantitative estimate of drug-likeness (QED) is 0.754. The molecule has 0 aliphatic carbocycles. The predicted molar refractivity (Wildman–Crippen MR) is 90.4 cm³/mol. The van der Waals surface area contributed by atoms with E-state index in [4.69, 9.17) is 0 Å². The van der Waals surface area contributed by atoms with E-state index in [-0.39, 0.29) is 0 Å². The van der Waals surface area contributed by atoms with Crippen LogP contribution >= 0.6 is 11.3 Å². The molecule has 122 valence electrons. The van der Waals surface area contributed by atoms with Crippen LogP contribution in [0.15, 0.2) is 10.3 Å². The molecule has 0 aromatic carbocycles. The molecule has 1 heterocycles. The first-order valence-corrected chi connectivity index (χ1v) is 9.97. The lowest BCUT2D eigenvalue weighted by Gasteiger charge is -2.21. The highest BCUT2D eigenvalue weighted by Crippen LogP contribution is 2.29. The summed E-state index contributed by atoms with van der Waals surface area (Å²) in [5.41, 5.74) is 0.857. The molecule has 1 aromatic rings. The summed E-state index contributed by atoms with van der Waals surface area (Å²) in [4.78, 5) is 1.43. The smallest absolute Gasteiger partial charge is 0.244 e. The van der Waals surface area contributed by atoms with E-state index in [9.17, 15) is 8.42 Å². The van der Waals surface area contributed by atoms with Gasteiger partial charge in [0.05, 0.1) is 0 Å². The van der Waals surface area contributed by atoms with E-state index in [0.29, 0.717) is 30.6 Å². The molecule has 1 rings (SSSR count). The Hall–Kier alpha value is -0.430. The Morgan fingerprint density at radius 2 is 2.00 bits per heavy atom. The lowest BCUT2D eigenvalue weighted by molar-refractivity contribution is 0.418. The molecule has 1 aromatic heterocycles. The van der Waals surface area contributed by atoms with Crippen LogP contribution in [0.2, 0.25) is 0 Å². The number of hydrogen-bond acceptors (Lipinski definition) is 4. The molecule has 1 N–H and O–H groups in total. The van der Waals surface area contributed by atoms with E-state index in [1.165, 1.54) is 11.3 Å². The molecule has 0 saturated carbocycles. The first-order valence-electron chi connectivity index (χ1n) is 7.65. The summed E-state index contributed by atoms with van der Waals surface area (Å²) in [6.45, 7) is 11.7. The molecule has 21 heavy (non-hydrogen) atoms. The molecule has 0 amide bonds. The first kappa shape index (κ1) is 18.6. The van der Waals surface area contributed by atoms with Gasteiger partial charge in [-0.2, -0.15) is 4.31 Å². The fraction of sp³-hybridized carbons (Fsp3) is 0.733. The average molecular weight is 333 g/mol. The summed E-state index contributed by atoms with van der Waals surface area (Å²) in [6.07, 6.45) is 1.90. The summed E-state index contributed by atoms with van der Waals surface area (Å²) in [7, 11) is -3.39. The van der Waals surface area contributed by atoms with Crippen molar-refractivity contribution in [2.45, 2.75) is 64.9 Å². The minimum atomic E-state index is -3.39. The van der Waals surface area contributed by atoms with Crippen LogP contribution in [-0.4, -0.2) is 31.9 Å². The van der Waals surface area contributed by atoms with Crippen molar-refractivity contribution in [1.82, 2.24) is 9.62 Å². The summed E-state index contributed by atoms with van der Waals surface area (Å²) >= 11 is 1.53. The molecule has 0 saturated heterocycles. The minimum absolute atomic E-state index is 0.338. The highest BCUT2D eigenvalue weighted by atomic mass is 32.2. The highest BCUT2D eigenvalue weighted by molar-refractivity contribution is 7.89. The molecular formula is C15H28N2O2S2. The number of thiophene rings is 1. The molecule has 0 spiro atoms. The van der Waals surface area contributed by atoms with Crippen LogP contribution in [0, 0.1) is 6.92 Å². The van der Waals surface area contributed by atoms with Gasteiger partial charge in [0.2, 0.25) is 10.0 Å². The van der Waals surface area contributed by atoms with Crippen molar-refractivity contribution in [2.75, 3.05) is 13.1 Å². The fourth-order valence-corrected chi connectivity index (χ4v) is 5.36. The van der Waals surface area contributed by atoms with Gasteiger partial charge in [0, 0.05) is 30.6 Å². The molecule has 0 bridgehead atoms. The Bertz CT molecular complexity index is 536. The Morgan fingerprint density at radius 3 is 2.52 bits per heavy atom.